The number of hydrogen-bond acceptors (Lipinski definition) is 1. The van der Waals surface area contributed by atoms with Gasteiger partial charge >= 0.3 is 0 Å². The number of carbonyl (C=O) groups is 1. The Morgan fingerprint density at radius 1 is 1.37 bits per heavy atom. The highest BCUT2D eigenvalue weighted by atomic mass is 16.2. The highest BCUT2D eigenvalue weighted by molar-refractivity contribution is 5.87. The van der Waals surface area contributed by atoms with Crippen LogP contribution in [0, 0.1) is 18.3 Å². The van der Waals surface area contributed by atoms with Gasteiger partial charge in [0.2, 0.25) is 5.91 Å². The Bertz CT molecular complexity index is 480. The summed E-state index contributed by atoms with van der Waals surface area (Å²) in [4.78, 5) is 14.6. The number of rotatable bonds is 5. The van der Waals surface area contributed by atoms with Gasteiger partial charge in [0.25, 0.3) is 0 Å². The largest absolute Gasteiger partial charge is 0.331 e. The molecule has 0 spiro atoms. The first-order valence-electron chi connectivity index (χ1n) is 6.84. The molecule has 1 amide bonds. The third-order valence-electron chi connectivity index (χ3n) is 3.78. The van der Waals surface area contributed by atoms with E-state index in [2.05, 4.69) is 5.92 Å². The van der Waals surface area contributed by atoms with Gasteiger partial charge in [-0.2, -0.15) is 0 Å². The number of terminal acetylenes is 1. The fourth-order valence-corrected chi connectivity index (χ4v) is 2.32. The van der Waals surface area contributed by atoms with Crippen LogP contribution in [0.1, 0.15) is 32.3 Å². The van der Waals surface area contributed by atoms with Crippen molar-refractivity contribution in [1.29, 1.82) is 0 Å². The van der Waals surface area contributed by atoms with Crippen molar-refractivity contribution in [3.05, 3.63) is 35.9 Å². The van der Waals surface area contributed by atoms with E-state index < -0.39 is 5.41 Å². The smallest absolute Gasteiger partial charge is 0.233 e. The van der Waals surface area contributed by atoms with Crippen LogP contribution in [0.25, 0.3) is 0 Å². The van der Waals surface area contributed by atoms with Crippen LogP contribution in [0.3, 0.4) is 0 Å². The molecule has 0 saturated heterocycles. The van der Waals surface area contributed by atoms with Gasteiger partial charge < -0.3 is 4.90 Å². The molecule has 0 aromatic heterocycles. The molecule has 0 atom stereocenters. The Morgan fingerprint density at radius 2 is 2.00 bits per heavy atom. The van der Waals surface area contributed by atoms with Gasteiger partial charge in [-0.1, -0.05) is 36.3 Å². The van der Waals surface area contributed by atoms with Crippen LogP contribution in [0.4, 0.5) is 0 Å². The van der Waals surface area contributed by atoms with E-state index in [-0.39, 0.29) is 5.91 Å². The topological polar surface area (TPSA) is 20.3 Å². The number of benzene rings is 1. The van der Waals surface area contributed by atoms with Gasteiger partial charge in [0.1, 0.15) is 0 Å². The van der Waals surface area contributed by atoms with E-state index >= 15 is 0 Å². The van der Waals surface area contributed by atoms with Crippen LogP contribution < -0.4 is 0 Å². The first-order chi connectivity index (χ1) is 9.05. The fourth-order valence-electron chi connectivity index (χ4n) is 2.32. The normalized spacial score (nSPS) is 14.8. The Balaban J connectivity index is 2.17. The maximum absolute atomic E-state index is 12.7. The molecule has 1 aliphatic carbocycles. The predicted octanol–water partition coefficient (Wildman–Crippen LogP) is 2.84. The first-order valence-corrected chi connectivity index (χ1v) is 6.84. The SMILES string of the molecule is C#CCN(CC1CC1)C(=O)C(C)(C)c1ccccc1. The van der Waals surface area contributed by atoms with Gasteiger partial charge in [0.15, 0.2) is 0 Å². The van der Waals surface area contributed by atoms with Crippen molar-refractivity contribution in [3.8, 4) is 12.3 Å². The molecule has 0 radical (unpaired) electrons. The van der Waals surface area contributed by atoms with Crippen LogP contribution in [0.15, 0.2) is 30.3 Å². The quantitative estimate of drug-likeness (QED) is 0.741. The zero-order valence-corrected chi connectivity index (χ0v) is 11.7. The van der Waals surface area contributed by atoms with E-state index in [0.29, 0.717) is 12.5 Å². The lowest BCUT2D eigenvalue weighted by molar-refractivity contribution is -0.135. The van der Waals surface area contributed by atoms with E-state index in [0.717, 1.165) is 12.1 Å². The number of hydrogen-bond donors (Lipinski definition) is 0. The summed E-state index contributed by atoms with van der Waals surface area (Å²) in [7, 11) is 0. The van der Waals surface area contributed by atoms with E-state index in [4.69, 9.17) is 6.42 Å². The molecule has 2 nitrogen and oxygen atoms in total. The van der Waals surface area contributed by atoms with Crippen molar-refractivity contribution in [3.63, 3.8) is 0 Å². The van der Waals surface area contributed by atoms with Gasteiger partial charge in [-0.25, -0.2) is 0 Å². The molecule has 2 rings (SSSR count). The molecule has 2 heteroatoms. The van der Waals surface area contributed by atoms with Crippen LogP contribution in [-0.2, 0) is 10.2 Å². The van der Waals surface area contributed by atoms with Crippen LogP contribution >= 0.6 is 0 Å². The molecule has 1 fully saturated rings. The highest BCUT2D eigenvalue weighted by Crippen LogP contribution is 2.32. The number of nitrogens with zero attached hydrogens (tertiary/aromatic N) is 1. The van der Waals surface area contributed by atoms with Gasteiger partial charge in [0.05, 0.1) is 12.0 Å². The van der Waals surface area contributed by atoms with Crippen molar-refractivity contribution in [2.24, 2.45) is 5.92 Å². The fraction of sp³-hybridized carbons (Fsp3) is 0.471. The summed E-state index contributed by atoms with van der Waals surface area (Å²) in [5.41, 5.74) is 0.519. The summed E-state index contributed by atoms with van der Waals surface area (Å²) in [5, 5.41) is 0. The monoisotopic (exact) mass is 255 g/mol. The molecule has 0 unspecified atom stereocenters. The third-order valence-corrected chi connectivity index (χ3v) is 3.78. The van der Waals surface area contributed by atoms with Crippen LogP contribution in [0.2, 0.25) is 0 Å². The number of carbonyl (C=O) groups excluding carboxylic acids is 1. The summed E-state index contributed by atoms with van der Waals surface area (Å²) in [5.74, 6) is 3.40. The Hall–Kier alpha value is -1.75. The Labute approximate surface area is 115 Å². The summed E-state index contributed by atoms with van der Waals surface area (Å²) < 4.78 is 0. The second-order valence-electron chi connectivity index (χ2n) is 5.82. The van der Waals surface area contributed by atoms with Crippen molar-refractivity contribution >= 4 is 5.91 Å². The molecule has 0 heterocycles. The lowest BCUT2D eigenvalue weighted by Crippen LogP contribution is -2.44. The zero-order valence-electron chi connectivity index (χ0n) is 11.7. The van der Waals surface area contributed by atoms with Gasteiger partial charge in [-0.3, -0.25) is 4.79 Å². The molecule has 1 aromatic rings. The summed E-state index contributed by atoms with van der Waals surface area (Å²) >= 11 is 0. The lowest BCUT2D eigenvalue weighted by Gasteiger charge is -2.31. The van der Waals surface area contributed by atoms with Crippen molar-refractivity contribution in [1.82, 2.24) is 4.90 Å². The first kappa shape index (κ1) is 13.7. The molecular weight excluding hydrogens is 234 g/mol. The molecule has 1 aliphatic rings. The average Bonchev–Trinajstić information content (AvgIpc) is 3.22. The molecule has 0 aliphatic heterocycles. The highest BCUT2D eigenvalue weighted by Gasteiger charge is 2.35. The van der Waals surface area contributed by atoms with E-state index in [1.54, 1.807) is 0 Å². The molecule has 1 saturated carbocycles. The molecule has 1 aromatic carbocycles. The maximum atomic E-state index is 12.7. The van der Waals surface area contributed by atoms with E-state index in [1.807, 2.05) is 49.1 Å². The summed E-state index contributed by atoms with van der Waals surface area (Å²) in [6, 6.07) is 9.91. The van der Waals surface area contributed by atoms with Crippen LogP contribution in [-0.4, -0.2) is 23.9 Å². The van der Waals surface area contributed by atoms with E-state index in [1.165, 1.54) is 12.8 Å². The standard InChI is InChI=1S/C17H21NO/c1-4-12-18(13-14-10-11-14)16(19)17(2,3)15-8-6-5-7-9-15/h1,5-9,14H,10-13H2,2-3H3. The van der Waals surface area contributed by atoms with Gasteiger partial charge in [0, 0.05) is 6.54 Å². The minimum atomic E-state index is -0.521. The van der Waals surface area contributed by atoms with Gasteiger partial charge in [-0.05, 0) is 38.2 Å². The molecular formula is C17H21NO. The molecule has 0 bridgehead atoms. The maximum Gasteiger partial charge on any atom is 0.233 e. The second-order valence-corrected chi connectivity index (χ2v) is 5.82. The zero-order chi connectivity index (χ0) is 13.9. The Morgan fingerprint density at radius 3 is 2.53 bits per heavy atom. The molecule has 19 heavy (non-hydrogen) atoms. The predicted molar refractivity (Wildman–Crippen MR) is 77.6 cm³/mol. The second kappa shape index (κ2) is 5.48. The number of amides is 1. The summed E-state index contributed by atoms with van der Waals surface area (Å²) in [6.45, 7) is 5.16. The van der Waals surface area contributed by atoms with Crippen molar-refractivity contribution < 1.29 is 4.79 Å². The minimum absolute atomic E-state index is 0.128. The lowest BCUT2D eigenvalue weighted by atomic mass is 9.83. The molecule has 100 valence electrons. The third kappa shape index (κ3) is 3.17. The van der Waals surface area contributed by atoms with Gasteiger partial charge in [-0.15, -0.1) is 6.42 Å². The minimum Gasteiger partial charge on any atom is -0.331 e. The molecule has 0 N–H and O–H groups in total. The van der Waals surface area contributed by atoms with E-state index in [9.17, 15) is 4.79 Å². The van der Waals surface area contributed by atoms with Crippen molar-refractivity contribution in [2.75, 3.05) is 13.1 Å². The average molecular weight is 255 g/mol. The van der Waals surface area contributed by atoms with Crippen LogP contribution in [0.5, 0.6) is 0 Å². The van der Waals surface area contributed by atoms with Crippen molar-refractivity contribution in [2.45, 2.75) is 32.1 Å². The Kier molecular flexibility index (Phi) is 3.95. The summed E-state index contributed by atoms with van der Waals surface area (Å²) in [6.07, 6.45) is 7.85.